The molecule has 0 spiro atoms. The minimum Gasteiger partial charge on any atom is -0.356 e. The van der Waals surface area contributed by atoms with Gasteiger partial charge >= 0.3 is 0 Å². The minimum atomic E-state index is 0. The molecular formula is C15H23Cl3N2O. The highest BCUT2D eigenvalue weighted by Gasteiger charge is 2.16. The number of hydrogen-bond acceptors (Lipinski definition) is 2. The molecule has 0 saturated carbocycles. The molecule has 0 fully saturated rings. The third kappa shape index (κ3) is 7.37. The molecule has 1 aromatic carbocycles. The van der Waals surface area contributed by atoms with Gasteiger partial charge in [0.25, 0.3) is 0 Å². The first-order valence-corrected chi connectivity index (χ1v) is 7.60. The Morgan fingerprint density at radius 1 is 1.33 bits per heavy atom. The van der Waals surface area contributed by atoms with Crippen molar-refractivity contribution in [1.82, 2.24) is 5.32 Å². The third-order valence-electron chi connectivity index (χ3n) is 3.37. The topological polar surface area (TPSA) is 55.1 Å². The van der Waals surface area contributed by atoms with Crippen molar-refractivity contribution < 1.29 is 4.79 Å². The molecule has 3 N–H and O–H groups in total. The van der Waals surface area contributed by atoms with Crippen LogP contribution in [0.4, 0.5) is 0 Å². The van der Waals surface area contributed by atoms with E-state index in [0.717, 1.165) is 12.0 Å². The Morgan fingerprint density at radius 3 is 2.52 bits per heavy atom. The lowest BCUT2D eigenvalue weighted by Crippen LogP contribution is -2.33. The molecule has 0 aromatic heterocycles. The van der Waals surface area contributed by atoms with E-state index in [1.807, 2.05) is 12.1 Å². The van der Waals surface area contributed by atoms with Crippen LogP contribution in [0.25, 0.3) is 0 Å². The third-order valence-corrected chi connectivity index (χ3v) is 3.96. The quantitative estimate of drug-likeness (QED) is 0.785. The first kappa shape index (κ1) is 20.5. The van der Waals surface area contributed by atoms with Gasteiger partial charge < -0.3 is 11.1 Å². The van der Waals surface area contributed by atoms with Crippen LogP contribution >= 0.6 is 35.6 Å². The van der Waals surface area contributed by atoms with Crippen LogP contribution in [0.1, 0.15) is 25.8 Å². The van der Waals surface area contributed by atoms with E-state index in [9.17, 15) is 4.79 Å². The maximum Gasteiger partial charge on any atom is 0.221 e. The van der Waals surface area contributed by atoms with Crippen molar-refractivity contribution in [2.75, 3.05) is 13.1 Å². The molecule has 0 radical (unpaired) electrons. The maximum atomic E-state index is 11.5. The van der Waals surface area contributed by atoms with Crippen LogP contribution in [0.15, 0.2) is 18.2 Å². The molecule has 0 aliphatic rings. The van der Waals surface area contributed by atoms with Crippen LogP contribution in [-0.2, 0) is 11.2 Å². The van der Waals surface area contributed by atoms with Crippen LogP contribution in [0, 0.1) is 11.8 Å². The van der Waals surface area contributed by atoms with E-state index in [2.05, 4.69) is 19.2 Å². The number of hydrogen-bond donors (Lipinski definition) is 2. The highest BCUT2D eigenvalue weighted by atomic mass is 35.5. The van der Waals surface area contributed by atoms with Gasteiger partial charge in [0.1, 0.15) is 0 Å². The molecule has 1 aromatic rings. The number of nitrogens with two attached hydrogens (primary N) is 1. The van der Waals surface area contributed by atoms with Crippen LogP contribution in [0.2, 0.25) is 10.0 Å². The Hall–Kier alpha value is -0.480. The molecule has 0 saturated heterocycles. The predicted molar refractivity (Wildman–Crippen MR) is 92.4 cm³/mol. The molecule has 1 unspecified atom stereocenters. The highest BCUT2D eigenvalue weighted by Crippen LogP contribution is 2.25. The summed E-state index contributed by atoms with van der Waals surface area (Å²) in [5, 5.41) is 4.24. The summed E-state index contributed by atoms with van der Waals surface area (Å²) < 4.78 is 0. The minimum absolute atomic E-state index is 0. The van der Waals surface area contributed by atoms with Crippen LogP contribution in [0.3, 0.4) is 0 Å². The zero-order valence-electron chi connectivity index (χ0n) is 12.4. The average molecular weight is 354 g/mol. The van der Waals surface area contributed by atoms with E-state index >= 15 is 0 Å². The Bertz CT molecular complexity index is 453. The highest BCUT2D eigenvalue weighted by molar-refractivity contribution is 6.35. The number of benzene rings is 1. The zero-order valence-corrected chi connectivity index (χ0v) is 14.7. The van der Waals surface area contributed by atoms with Crippen molar-refractivity contribution >= 4 is 41.5 Å². The number of rotatable bonds is 7. The first-order valence-electron chi connectivity index (χ1n) is 6.84. The van der Waals surface area contributed by atoms with Gasteiger partial charge in [-0.1, -0.05) is 43.1 Å². The summed E-state index contributed by atoms with van der Waals surface area (Å²) in [6.45, 7) is 5.30. The zero-order chi connectivity index (χ0) is 15.1. The molecule has 0 aliphatic carbocycles. The number of carbonyl (C=O) groups excluding carboxylic acids is 1. The van der Waals surface area contributed by atoms with E-state index < -0.39 is 0 Å². The SMILES string of the molecule is CC(C)C(CNC(=O)CCN)Cc1ccc(Cl)cc1Cl.Cl. The summed E-state index contributed by atoms with van der Waals surface area (Å²) in [6.07, 6.45) is 1.18. The smallest absolute Gasteiger partial charge is 0.221 e. The summed E-state index contributed by atoms with van der Waals surface area (Å²) in [7, 11) is 0. The van der Waals surface area contributed by atoms with E-state index in [4.69, 9.17) is 28.9 Å². The second kappa shape index (κ2) is 10.3. The molecule has 1 atom stereocenters. The maximum absolute atomic E-state index is 11.5. The number of carbonyl (C=O) groups is 1. The Morgan fingerprint density at radius 2 is 2.00 bits per heavy atom. The van der Waals surface area contributed by atoms with Gasteiger partial charge in [0.2, 0.25) is 5.91 Å². The average Bonchev–Trinajstić information content (AvgIpc) is 2.36. The van der Waals surface area contributed by atoms with Crippen molar-refractivity contribution in [2.45, 2.75) is 26.7 Å². The van der Waals surface area contributed by atoms with E-state index in [0.29, 0.717) is 41.4 Å². The summed E-state index contributed by atoms with van der Waals surface area (Å²) in [5.74, 6) is 0.774. The second-order valence-corrected chi connectivity index (χ2v) is 6.13. The molecule has 1 amide bonds. The van der Waals surface area contributed by atoms with Gasteiger partial charge in [-0.2, -0.15) is 0 Å². The molecule has 0 heterocycles. The van der Waals surface area contributed by atoms with Gasteiger partial charge in [-0.05, 0) is 36.0 Å². The van der Waals surface area contributed by atoms with Crippen molar-refractivity contribution in [3.63, 3.8) is 0 Å². The molecular weight excluding hydrogens is 331 g/mol. The lowest BCUT2D eigenvalue weighted by atomic mass is 9.89. The fourth-order valence-corrected chi connectivity index (χ4v) is 2.46. The van der Waals surface area contributed by atoms with Gasteiger partial charge in [-0.3, -0.25) is 4.79 Å². The molecule has 21 heavy (non-hydrogen) atoms. The van der Waals surface area contributed by atoms with Crippen LogP contribution < -0.4 is 11.1 Å². The second-order valence-electron chi connectivity index (χ2n) is 5.29. The van der Waals surface area contributed by atoms with Crippen LogP contribution in [0.5, 0.6) is 0 Å². The summed E-state index contributed by atoms with van der Waals surface area (Å²) in [5.41, 5.74) is 6.42. The van der Waals surface area contributed by atoms with E-state index in [-0.39, 0.29) is 18.3 Å². The van der Waals surface area contributed by atoms with Gasteiger partial charge in [0.05, 0.1) is 0 Å². The summed E-state index contributed by atoms with van der Waals surface area (Å²) >= 11 is 12.1. The van der Waals surface area contributed by atoms with Crippen molar-refractivity contribution in [3.8, 4) is 0 Å². The number of halogens is 3. The Labute approximate surface area is 143 Å². The molecule has 3 nitrogen and oxygen atoms in total. The summed E-state index contributed by atoms with van der Waals surface area (Å²) in [6, 6.07) is 5.54. The van der Waals surface area contributed by atoms with Gasteiger partial charge in [0, 0.05) is 29.6 Å². The van der Waals surface area contributed by atoms with Gasteiger partial charge in [0.15, 0.2) is 0 Å². The fourth-order valence-electron chi connectivity index (χ4n) is 1.98. The Balaban J connectivity index is 0.00000400. The van der Waals surface area contributed by atoms with E-state index in [1.54, 1.807) is 6.07 Å². The van der Waals surface area contributed by atoms with Gasteiger partial charge in [-0.25, -0.2) is 0 Å². The molecule has 6 heteroatoms. The lowest BCUT2D eigenvalue weighted by molar-refractivity contribution is -0.121. The number of amides is 1. The van der Waals surface area contributed by atoms with Crippen molar-refractivity contribution in [1.29, 1.82) is 0 Å². The predicted octanol–water partition coefficient (Wildman–Crippen LogP) is 3.69. The molecule has 0 aliphatic heterocycles. The lowest BCUT2D eigenvalue weighted by Gasteiger charge is -2.22. The van der Waals surface area contributed by atoms with Crippen molar-refractivity contribution in [2.24, 2.45) is 17.6 Å². The Kier molecular flexibility index (Phi) is 10.0. The molecule has 0 bridgehead atoms. The van der Waals surface area contributed by atoms with Gasteiger partial charge in [-0.15, -0.1) is 12.4 Å². The standard InChI is InChI=1S/C15H22Cl2N2O.ClH/c1-10(2)12(9-19-15(20)5-6-18)7-11-3-4-13(16)8-14(11)17;/h3-4,8,10,12H,5-7,9,18H2,1-2H3,(H,19,20);1H. The largest absolute Gasteiger partial charge is 0.356 e. The van der Waals surface area contributed by atoms with Crippen LogP contribution in [-0.4, -0.2) is 19.0 Å². The summed E-state index contributed by atoms with van der Waals surface area (Å²) in [4.78, 5) is 11.5. The first-order chi connectivity index (χ1) is 9.43. The normalized spacial score (nSPS) is 11.9. The van der Waals surface area contributed by atoms with Crippen molar-refractivity contribution in [3.05, 3.63) is 33.8 Å². The van der Waals surface area contributed by atoms with E-state index in [1.165, 1.54) is 0 Å². The number of nitrogens with one attached hydrogen (secondary N) is 1. The molecule has 1 rings (SSSR count). The molecule has 120 valence electrons. The fraction of sp³-hybridized carbons (Fsp3) is 0.533. The monoisotopic (exact) mass is 352 g/mol.